The van der Waals surface area contributed by atoms with Crippen LogP contribution in [-0.4, -0.2) is 31.4 Å². The fourth-order valence-electron chi connectivity index (χ4n) is 1.81. The van der Waals surface area contributed by atoms with Crippen molar-refractivity contribution in [2.24, 2.45) is 7.05 Å². The third-order valence-corrected chi connectivity index (χ3v) is 2.85. The topological polar surface area (TPSA) is 63.8 Å². The third-order valence-electron chi connectivity index (χ3n) is 2.85. The summed E-state index contributed by atoms with van der Waals surface area (Å²) in [5.41, 5.74) is 2.50. The highest BCUT2D eigenvalue weighted by molar-refractivity contribution is 5.21. The van der Waals surface area contributed by atoms with Gasteiger partial charge in [-0.3, -0.25) is 0 Å². The largest absolute Gasteiger partial charge is 0.393 e. The second-order valence-electron chi connectivity index (χ2n) is 4.58. The smallest absolute Gasteiger partial charge is 0.177 e. The van der Waals surface area contributed by atoms with E-state index in [4.69, 9.17) is 0 Å². The number of aliphatic hydroxyl groups is 1. The molecule has 1 aromatic carbocycles. The molecule has 0 saturated heterocycles. The van der Waals surface area contributed by atoms with E-state index in [2.05, 4.69) is 46.6 Å². The number of hydrogen-bond donors (Lipinski definition) is 1. The number of tetrazole rings is 1. The second kappa shape index (κ2) is 5.73. The van der Waals surface area contributed by atoms with Gasteiger partial charge in [0.25, 0.3) is 0 Å². The molecule has 0 aliphatic heterocycles. The van der Waals surface area contributed by atoms with Crippen molar-refractivity contribution in [2.45, 2.75) is 32.3 Å². The zero-order valence-electron chi connectivity index (χ0n) is 10.7. The van der Waals surface area contributed by atoms with Crippen molar-refractivity contribution in [2.75, 3.05) is 0 Å². The summed E-state index contributed by atoms with van der Waals surface area (Å²) in [6, 6.07) is 8.38. The van der Waals surface area contributed by atoms with E-state index in [0.29, 0.717) is 18.7 Å². The Morgan fingerprint density at radius 2 is 2.00 bits per heavy atom. The van der Waals surface area contributed by atoms with E-state index in [-0.39, 0.29) is 0 Å². The highest BCUT2D eigenvalue weighted by Crippen LogP contribution is 2.09. The molecule has 5 heteroatoms. The third kappa shape index (κ3) is 3.63. The minimum Gasteiger partial charge on any atom is -0.393 e. The minimum atomic E-state index is -0.421. The molecule has 96 valence electrons. The van der Waals surface area contributed by atoms with Gasteiger partial charge in [0.15, 0.2) is 5.82 Å². The van der Waals surface area contributed by atoms with Crippen molar-refractivity contribution in [3.63, 3.8) is 0 Å². The lowest BCUT2D eigenvalue weighted by atomic mass is 10.0. The van der Waals surface area contributed by atoms with Gasteiger partial charge in [0, 0.05) is 6.42 Å². The Hall–Kier alpha value is -1.75. The lowest BCUT2D eigenvalue weighted by Gasteiger charge is -2.08. The first-order valence-electron chi connectivity index (χ1n) is 6.10. The zero-order chi connectivity index (χ0) is 13.0. The van der Waals surface area contributed by atoms with Gasteiger partial charge >= 0.3 is 0 Å². The molecule has 18 heavy (non-hydrogen) atoms. The zero-order valence-corrected chi connectivity index (χ0v) is 10.7. The summed E-state index contributed by atoms with van der Waals surface area (Å²) in [4.78, 5) is 1.40. The summed E-state index contributed by atoms with van der Waals surface area (Å²) in [5.74, 6) is 0.592. The maximum atomic E-state index is 9.91. The maximum absolute atomic E-state index is 9.91. The summed E-state index contributed by atoms with van der Waals surface area (Å²) in [6.45, 7) is 2.07. The van der Waals surface area contributed by atoms with Crippen LogP contribution in [-0.2, 0) is 19.9 Å². The number of rotatable bonds is 5. The van der Waals surface area contributed by atoms with E-state index >= 15 is 0 Å². The Balaban J connectivity index is 1.81. The van der Waals surface area contributed by atoms with Crippen molar-refractivity contribution in [1.82, 2.24) is 20.2 Å². The van der Waals surface area contributed by atoms with Crippen LogP contribution >= 0.6 is 0 Å². The average molecular weight is 246 g/mol. The lowest BCUT2D eigenvalue weighted by molar-refractivity contribution is 0.162. The maximum Gasteiger partial charge on any atom is 0.177 e. The summed E-state index contributed by atoms with van der Waals surface area (Å²) in [5, 5.41) is 21.6. The Morgan fingerprint density at radius 1 is 1.28 bits per heavy atom. The van der Waals surface area contributed by atoms with E-state index in [9.17, 15) is 5.11 Å². The van der Waals surface area contributed by atoms with Crippen LogP contribution in [0.3, 0.4) is 0 Å². The van der Waals surface area contributed by atoms with Crippen molar-refractivity contribution < 1.29 is 5.11 Å². The van der Waals surface area contributed by atoms with E-state index < -0.39 is 6.10 Å². The normalized spacial score (nSPS) is 12.6. The summed E-state index contributed by atoms with van der Waals surface area (Å²) >= 11 is 0. The molecule has 0 bridgehead atoms. The van der Waals surface area contributed by atoms with Gasteiger partial charge in [-0.1, -0.05) is 29.8 Å². The molecule has 1 aromatic heterocycles. The SMILES string of the molecule is Cc1ccc(CCC(O)Cc2nnn(C)n2)cc1. The monoisotopic (exact) mass is 246 g/mol. The van der Waals surface area contributed by atoms with Gasteiger partial charge in [-0.2, -0.15) is 4.80 Å². The van der Waals surface area contributed by atoms with E-state index in [1.54, 1.807) is 7.05 Å². The first-order chi connectivity index (χ1) is 8.63. The van der Waals surface area contributed by atoms with Gasteiger partial charge in [0.05, 0.1) is 13.2 Å². The second-order valence-corrected chi connectivity index (χ2v) is 4.58. The average Bonchev–Trinajstić information content (AvgIpc) is 2.74. The molecule has 1 atom stereocenters. The molecule has 1 unspecified atom stereocenters. The fraction of sp³-hybridized carbons (Fsp3) is 0.462. The minimum absolute atomic E-state index is 0.421. The summed E-state index contributed by atoms with van der Waals surface area (Å²) in [6.07, 6.45) is 1.61. The van der Waals surface area contributed by atoms with E-state index in [1.807, 2.05) is 0 Å². The number of aryl methyl sites for hydroxylation is 3. The summed E-state index contributed by atoms with van der Waals surface area (Å²) < 4.78 is 0. The van der Waals surface area contributed by atoms with Crippen molar-refractivity contribution in [3.8, 4) is 0 Å². The molecule has 0 aliphatic carbocycles. The number of nitrogens with zero attached hydrogens (tertiary/aromatic N) is 4. The van der Waals surface area contributed by atoms with Crippen LogP contribution in [0.5, 0.6) is 0 Å². The van der Waals surface area contributed by atoms with Crippen LogP contribution < -0.4 is 0 Å². The Morgan fingerprint density at radius 3 is 2.61 bits per heavy atom. The Kier molecular flexibility index (Phi) is 4.04. The molecule has 0 radical (unpaired) electrons. The van der Waals surface area contributed by atoms with Crippen molar-refractivity contribution >= 4 is 0 Å². The van der Waals surface area contributed by atoms with Gasteiger partial charge in [-0.05, 0) is 30.5 Å². The molecule has 1 heterocycles. The number of benzene rings is 1. The molecule has 1 N–H and O–H groups in total. The van der Waals surface area contributed by atoms with Crippen LogP contribution in [0.15, 0.2) is 24.3 Å². The van der Waals surface area contributed by atoms with E-state index in [1.165, 1.54) is 15.9 Å². The van der Waals surface area contributed by atoms with Gasteiger partial charge in [-0.15, -0.1) is 10.2 Å². The highest BCUT2D eigenvalue weighted by Gasteiger charge is 2.09. The quantitative estimate of drug-likeness (QED) is 0.856. The number of aliphatic hydroxyl groups excluding tert-OH is 1. The fourth-order valence-corrected chi connectivity index (χ4v) is 1.81. The molecule has 2 aromatic rings. The molecular formula is C13H18N4O. The molecule has 2 rings (SSSR count). The van der Waals surface area contributed by atoms with Crippen molar-refractivity contribution in [1.29, 1.82) is 0 Å². The predicted molar refractivity (Wildman–Crippen MR) is 68.0 cm³/mol. The van der Waals surface area contributed by atoms with Gasteiger partial charge < -0.3 is 5.11 Å². The first kappa shape index (κ1) is 12.7. The number of aromatic nitrogens is 4. The molecule has 0 saturated carbocycles. The lowest BCUT2D eigenvalue weighted by Crippen LogP contribution is -2.13. The molecule has 5 nitrogen and oxygen atoms in total. The van der Waals surface area contributed by atoms with Crippen molar-refractivity contribution in [3.05, 3.63) is 41.2 Å². The molecule has 0 fully saturated rings. The Bertz CT molecular complexity index is 492. The van der Waals surface area contributed by atoms with Crippen LogP contribution in [0.25, 0.3) is 0 Å². The first-order valence-corrected chi connectivity index (χ1v) is 6.10. The molecular weight excluding hydrogens is 228 g/mol. The van der Waals surface area contributed by atoms with Crippen LogP contribution in [0, 0.1) is 6.92 Å². The molecule has 0 aliphatic rings. The summed E-state index contributed by atoms with van der Waals surface area (Å²) in [7, 11) is 1.72. The van der Waals surface area contributed by atoms with Gasteiger partial charge in [-0.25, -0.2) is 0 Å². The van der Waals surface area contributed by atoms with E-state index in [0.717, 1.165) is 6.42 Å². The van der Waals surface area contributed by atoms with Crippen LogP contribution in [0.2, 0.25) is 0 Å². The van der Waals surface area contributed by atoms with Gasteiger partial charge in [0.2, 0.25) is 0 Å². The molecule has 0 spiro atoms. The number of hydrogen-bond acceptors (Lipinski definition) is 4. The standard InChI is InChI=1S/C13H18N4O/c1-10-3-5-11(6-4-10)7-8-12(18)9-13-14-16-17(2)15-13/h3-6,12,18H,7-9H2,1-2H3. The highest BCUT2D eigenvalue weighted by atomic mass is 16.3. The van der Waals surface area contributed by atoms with Crippen LogP contribution in [0.4, 0.5) is 0 Å². The predicted octanol–water partition coefficient (Wildman–Crippen LogP) is 1.05. The molecule has 0 amide bonds. The van der Waals surface area contributed by atoms with Crippen LogP contribution in [0.1, 0.15) is 23.4 Å². The Labute approximate surface area is 106 Å². The van der Waals surface area contributed by atoms with Gasteiger partial charge in [0.1, 0.15) is 0 Å².